The predicted octanol–water partition coefficient (Wildman–Crippen LogP) is 3.18. The number of nitrogens with zero attached hydrogens (tertiary/aromatic N) is 2. The Morgan fingerprint density at radius 3 is 3.00 bits per heavy atom. The second-order valence-electron chi connectivity index (χ2n) is 3.20. The third-order valence-electron chi connectivity index (χ3n) is 2.04. The van der Waals surface area contributed by atoms with Crippen LogP contribution >= 0.6 is 0 Å². The van der Waals surface area contributed by atoms with Gasteiger partial charge in [-0.1, -0.05) is 18.2 Å². The summed E-state index contributed by atoms with van der Waals surface area (Å²) in [5.74, 6) is -0.243. The normalized spacial score (nSPS) is 11.1. The van der Waals surface area contributed by atoms with Crippen LogP contribution in [0, 0.1) is 5.82 Å². The molecular weight excluding hydrogens is 191 g/mol. The Bertz CT molecular complexity index is 486. The van der Waals surface area contributed by atoms with Crippen LogP contribution in [0.25, 0.3) is 17.5 Å². The van der Waals surface area contributed by atoms with Gasteiger partial charge in [0, 0.05) is 18.0 Å². The molecule has 0 spiro atoms. The summed E-state index contributed by atoms with van der Waals surface area (Å²) in [6, 6.07) is 6.42. The van der Waals surface area contributed by atoms with E-state index in [1.165, 1.54) is 12.1 Å². The van der Waals surface area contributed by atoms with Gasteiger partial charge in [-0.2, -0.15) is 0 Å². The summed E-state index contributed by atoms with van der Waals surface area (Å²) in [4.78, 5) is 4.19. The van der Waals surface area contributed by atoms with Crippen LogP contribution in [-0.4, -0.2) is 9.55 Å². The highest BCUT2D eigenvalue weighted by molar-refractivity contribution is 5.58. The summed E-state index contributed by atoms with van der Waals surface area (Å²) in [5.41, 5.74) is 1.56. The number of hydrogen-bond donors (Lipinski definition) is 0. The van der Waals surface area contributed by atoms with Gasteiger partial charge < -0.3 is 4.57 Å². The number of benzene rings is 1. The minimum Gasteiger partial charge on any atom is -0.313 e. The summed E-state index contributed by atoms with van der Waals surface area (Å²) in [7, 11) is 0. The van der Waals surface area contributed by atoms with Gasteiger partial charge in [-0.15, -0.1) is 0 Å². The van der Waals surface area contributed by atoms with Gasteiger partial charge in [0.05, 0.1) is 12.0 Å². The molecule has 0 fully saturated rings. The molecule has 2 nitrogen and oxygen atoms in total. The predicted molar refractivity (Wildman–Crippen MR) is 58.6 cm³/mol. The molecule has 0 saturated carbocycles. The molecule has 0 aliphatic heterocycles. The smallest absolute Gasteiger partial charge is 0.123 e. The van der Waals surface area contributed by atoms with E-state index in [-0.39, 0.29) is 5.82 Å². The minimum absolute atomic E-state index is 0.243. The van der Waals surface area contributed by atoms with Gasteiger partial charge in [-0.3, -0.25) is 0 Å². The lowest BCUT2D eigenvalue weighted by atomic mass is 10.2. The Labute approximate surface area is 87.7 Å². The Balaban J connectivity index is 2.37. The highest BCUT2D eigenvalue weighted by Crippen LogP contribution is 2.17. The molecule has 1 aromatic heterocycles. The molecule has 2 rings (SSSR count). The van der Waals surface area contributed by atoms with E-state index in [4.69, 9.17) is 0 Å². The lowest BCUT2D eigenvalue weighted by Crippen LogP contribution is -1.79. The van der Waals surface area contributed by atoms with Gasteiger partial charge in [0.25, 0.3) is 0 Å². The Kier molecular flexibility index (Phi) is 2.63. The number of aromatic nitrogens is 2. The fraction of sp³-hybridized carbons (Fsp3) is 0.0833. The molecular formula is C12H11FN2. The SMILES string of the molecule is C/C=C/n1cnc(-c2cccc(F)c2)c1. The van der Waals surface area contributed by atoms with Crippen molar-refractivity contribution in [1.82, 2.24) is 9.55 Å². The number of rotatable bonds is 2. The van der Waals surface area contributed by atoms with Crippen molar-refractivity contribution in [3.8, 4) is 11.3 Å². The first kappa shape index (κ1) is 9.65. The number of imidazole rings is 1. The van der Waals surface area contributed by atoms with Crippen molar-refractivity contribution in [2.75, 3.05) is 0 Å². The van der Waals surface area contributed by atoms with Crippen LogP contribution < -0.4 is 0 Å². The van der Waals surface area contributed by atoms with Gasteiger partial charge in [0.15, 0.2) is 0 Å². The van der Waals surface area contributed by atoms with Crippen molar-refractivity contribution >= 4 is 6.20 Å². The van der Waals surface area contributed by atoms with E-state index in [0.717, 1.165) is 11.3 Å². The largest absolute Gasteiger partial charge is 0.313 e. The zero-order chi connectivity index (χ0) is 10.7. The van der Waals surface area contributed by atoms with Gasteiger partial charge >= 0.3 is 0 Å². The molecule has 15 heavy (non-hydrogen) atoms. The topological polar surface area (TPSA) is 17.8 Å². The lowest BCUT2D eigenvalue weighted by Gasteiger charge is -1.95. The van der Waals surface area contributed by atoms with E-state index < -0.39 is 0 Å². The van der Waals surface area contributed by atoms with Crippen molar-refractivity contribution < 1.29 is 4.39 Å². The van der Waals surface area contributed by atoms with Gasteiger partial charge in [0.1, 0.15) is 5.82 Å². The molecule has 0 amide bonds. The molecule has 0 radical (unpaired) electrons. The molecule has 3 heteroatoms. The van der Waals surface area contributed by atoms with Crippen molar-refractivity contribution in [1.29, 1.82) is 0 Å². The summed E-state index contributed by atoms with van der Waals surface area (Å²) >= 11 is 0. The Hall–Kier alpha value is -1.90. The van der Waals surface area contributed by atoms with Crippen molar-refractivity contribution in [3.63, 3.8) is 0 Å². The first-order valence-electron chi connectivity index (χ1n) is 4.72. The maximum absolute atomic E-state index is 13.0. The Morgan fingerprint density at radius 1 is 1.40 bits per heavy atom. The molecule has 1 heterocycles. The van der Waals surface area contributed by atoms with E-state index >= 15 is 0 Å². The molecule has 0 aliphatic carbocycles. The summed E-state index contributed by atoms with van der Waals surface area (Å²) < 4.78 is 14.8. The van der Waals surface area contributed by atoms with Crippen molar-refractivity contribution in [3.05, 3.63) is 48.7 Å². The molecule has 1 aromatic carbocycles. The zero-order valence-corrected chi connectivity index (χ0v) is 8.39. The number of allylic oxidation sites excluding steroid dienone is 1. The summed E-state index contributed by atoms with van der Waals surface area (Å²) in [6.07, 6.45) is 7.35. The van der Waals surface area contributed by atoms with Crippen molar-refractivity contribution in [2.45, 2.75) is 6.92 Å². The van der Waals surface area contributed by atoms with Crippen LogP contribution in [0.4, 0.5) is 4.39 Å². The van der Waals surface area contributed by atoms with Crippen LogP contribution in [0.15, 0.2) is 42.9 Å². The minimum atomic E-state index is -0.243. The monoisotopic (exact) mass is 202 g/mol. The maximum atomic E-state index is 13.0. The molecule has 2 aromatic rings. The highest BCUT2D eigenvalue weighted by Gasteiger charge is 2.01. The van der Waals surface area contributed by atoms with E-state index in [0.29, 0.717) is 0 Å². The summed E-state index contributed by atoms with van der Waals surface area (Å²) in [5, 5.41) is 0. The second kappa shape index (κ2) is 4.09. The third-order valence-corrected chi connectivity index (χ3v) is 2.04. The van der Waals surface area contributed by atoms with Crippen molar-refractivity contribution in [2.24, 2.45) is 0 Å². The third kappa shape index (κ3) is 2.13. The highest BCUT2D eigenvalue weighted by atomic mass is 19.1. The first-order chi connectivity index (χ1) is 7.29. The molecule has 0 bridgehead atoms. The first-order valence-corrected chi connectivity index (χ1v) is 4.72. The zero-order valence-electron chi connectivity index (χ0n) is 8.39. The molecule has 0 aliphatic rings. The van der Waals surface area contributed by atoms with Crippen LogP contribution in [0.3, 0.4) is 0 Å². The quantitative estimate of drug-likeness (QED) is 0.731. The van der Waals surface area contributed by atoms with Gasteiger partial charge in [0.2, 0.25) is 0 Å². The standard InChI is InChI=1S/C12H11FN2/c1-2-6-15-8-12(14-9-15)10-4-3-5-11(13)7-10/h2-9H,1H3/b6-2+. The average Bonchev–Trinajstić information content (AvgIpc) is 2.67. The van der Waals surface area contributed by atoms with E-state index in [1.54, 1.807) is 12.4 Å². The Morgan fingerprint density at radius 2 is 2.27 bits per heavy atom. The van der Waals surface area contributed by atoms with Crippen LogP contribution in [0.1, 0.15) is 6.92 Å². The average molecular weight is 202 g/mol. The second-order valence-corrected chi connectivity index (χ2v) is 3.20. The molecule has 0 N–H and O–H groups in total. The molecule has 0 saturated heterocycles. The van der Waals surface area contributed by atoms with Crippen LogP contribution in [0.2, 0.25) is 0 Å². The van der Waals surface area contributed by atoms with Crippen LogP contribution in [-0.2, 0) is 0 Å². The molecule has 76 valence electrons. The lowest BCUT2D eigenvalue weighted by molar-refractivity contribution is 0.628. The van der Waals surface area contributed by atoms with Gasteiger partial charge in [-0.05, 0) is 19.1 Å². The fourth-order valence-corrected chi connectivity index (χ4v) is 1.39. The molecule has 0 atom stereocenters. The number of hydrogen-bond acceptors (Lipinski definition) is 1. The van der Waals surface area contributed by atoms with E-state index in [1.807, 2.05) is 36.0 Å². The fourth-order valence-electron chi connectivity index (χ4n) is 1.39. The maximum Gasteiger partial charge on any atom is 0.123 e. The van der Waals surface area contributed by atoms with E-state index in [2.05, 4.69) is 4.98 Å². The van der Waals surface area contributed by atoms with E-state index in [9.17, 15) is 4.39 Å². The number of halogens is 1. The van der Waals surface area contributed by atoms with Gasteiger partial charge in [-0.25, -0.2) is 9.37 Å². The molecule has 0 unspecified atom stereocenters. The summed E-state index contributed by atoms with van der Waals surface area (Å²) in [6.45, 7) is 1.93. The van der Waals surface area contributed by atoms with Crippen LogP contribution in [0.5, 0.6) is 0 Å².